The summed E-state index contributed by atoms with van der Waals surface area (Å²) in [4.78, 5) is 33.5. The van der Waals surface area contributed by atoms with Crippen LogP contribution in [0.4, 0.5) is 24.7 Å². The molecule has 3 aliphatic heterocycles. The van der Waals surface area contributed by atoms with Crippen LogP contribution in [0.25, 0.3) is 4.85 Å². The third-order valence-electron chi connectivity index (χ3n) is 9.15. The lowest BCUT2D eigenvalue weighted by Gasteiger charge is -2.41. The molecule has 1 amide bonds. The van der Waals surface area contributed by atoms with Gasteiger partial charge in [-0.25, -0.2) is 6.57 Å². The van der Waals surface area contributed by atoms with Crippen molar-refractivity contribution in [2.75, 3.05) is 68.8 Å². The SMILES string of the molecule is [C-]#[N+]C[C@H]1CN(c2nc(OCC3(CN4CCC4)CC3)nc3c2CCN(c2cccc(Cl)c2C(F)(F)F)C3)CCN1C(=O)C=C. The van der Waals surface area contributed by atoms with Crippen molar-refractivity contribution < 1.29 is 22.7 Å². The van der Waals surface area contributed by atoms with Gasteiger partial charge in [0.05, 0.1) is 35.1 Å². The molecule has 0 unspecified atom stereocenters. The average molecular weight is 630 g/mol. The van der Waals surface area contributed by atoms with Crippen LogP contribution in [0.2, 0.25) is 5.02 Å². The van der Waals surface area contributed by atoms with Crippen LogP contribution >= 0.6 is 11.6 Å². The van der Waals surface area contributed by atoms with Crippen LogP contribution in [0, 0.1) is 12.0 Å². The molecule has 0 spiro atoms. The van der Waals surface area contributed by atoms with Crippen molar-refractivity contribution in [3.63, 3.8) is 0 Å². The molecule has 1 aliphatic carbocycles. The monoisotopic (exact) mass is 629 g/mol. The topological polar surface area (TPSA) is 69.4 Å². The molecule has 4 heterocycles. The zero-order valence-electron chi connectivity index (χ0n) is 24.5. The number of alkyl halides is 3. The number of anilines is 2. The second-order valence-corrected chi connectivity index (χ2v) is 12.6. The van der Waals surface area contributed by atoms with Crippen LogP contribution < -0.4 is 14.5 Å². The molecule has 4 aliphatic rings. The summed E-state index contributed by atoms with van der Waals surface area (Å²) in [6.07, 6.45) is 0.414. The van der Waals surface area contributed by atoms with E-state index in [1.54, 1.807) is 9.80 Å². The van der Waals surface area contributed by atoms with Gasteiger partial charge in [-0.05, 0) is 57.0 Å². The number of piperazine rings is 1. The normalized spacial score (nSPS) is 21.2. The molecule has 234 valence electrons. The molecule has 13 heteroatoms. The Morgan fingerprint density at radius 1 is 1.18 bits per heavy atom. The molecule has 1 atom stereocenters. The number of benzene rings is 1. The summed E-state index contributed by atoms with van der Waals surface area (Å²) in [6.45, 7) is 16.5. The fourth-order valence-electron chi connectivity index (χ4n) is 6.45. The first-order valence-electron chi connectivity index (χ1n) is 15.0. The Kier molecular flexibility index (Phi) is 8.37. The van der Waals surface area contributed by atoms with Crippen LogP contribution in [-0.2, 0) is 23.9 Å². The summed E-state index contributed by atoms with van der Waals surface area (Å²) in [5.41, 5.74) is 0.672. The second-order valence-electron chi connectivity index (χ2n) is 12.2. The second kappa shape index (κ2) is 12.1. The maximum atomic E-state index is 14.1. The fraction of sp³-hybridized carbons (Fsp3) is 0.548. The molecule has 0 radical (unpaired) electrons. The van der Waals surface area contributed by atoms with Gasteiger partial charge in [0.15, 0.2) is 0 Å². The van der Waals surface area contributed by atoms with Crippen LogP contribution in [0.1, 0.15) is 36.1 Å². The van der Waals surface area contributed by atoms with Crippen molar-refractivity contribution in [3.8, 4) is 6.01 Å². The summed E-state index contributed by atoms with van der Waals surface area (Å²) >= 11 is 6.05. The first kappa shape index (κ1) is 30.5. The molecule has 3 fully saturated rings. The number of carbonyl (C=O) groups is 1. The minimum absolute atomic E-state index is 0.0124. The van der Waals surface area contributed by atoms with E-state index >= 15 is 0 Å². The van der Waals surface area contributed by atoms with Gasteiger partial charge in [-0.3, -0.25) is 4.79 Å². The lowest BCUT2D eigenvalue weighted by atomic mass is 10.0. The number of nitrogens with zero attached hydrogens (tertiary/aromatic N) is 7. The number of carbonyl (C=O) groups excluding carboxylic acids is 1. The first-order chi connectivity index (χ1) is 21.1. The van der Waals surface area contributed by atoms with Gasteiger partial charge in [-0.1, -0.05) is 24.2 Å². The van der Waals surface area contributed by atoms with Crippen molar-refractivity contribution in [2.45, 2.75) is 44.4 Å². The Morgan fingerprint density at radius 3 is 2.64 bits per heavy atom. The van der Waals surface area contributed by atoms with E-state index in [-0.39, 0.29) is 47.2 Å². The highest BCUT2D eigenvalue weighted by molar-refractivity contribution is 6.31. The van der Waals surface area contributed by atoms with Crippen molar-refractivity contribution in [2.24, 2.45) is 5.41 Å². The lowest BCUT2D eigenvalue weighted by Crippen LogP contribution is -2.56. The molecule has 1 aromatic carbocycles. The maximum absolute atomic E-state index is 14.1. The van der Waals surface area contributed by atoms with E-state index in [1.165, 1.54) is 30.7 Å². The van der Waals surface area contributed by atoms with Gasteiger partial charge in [0.25, 0.3) is 0 Å². The quantitative estimate of drug-likeness (QED) is 0.294. The van der Waals surface area contributed by atoms with Gasteiger partial charge in [0.2, 0.25) is 12.5 Å². The summed E-state index contributed by atoms with van der Waals surface area (Å²) in [6, 6.07) is 4.06. The molecule has 9 nitrogen and oxygen atoms in total. The molecular weight excluding hydrogens is 595 g/mol. The molecule has 2 saturated heterocycles. The van der Waals surface area contributed by atoms with E-state index in [9.17, 15) is 18.0 Å². The Bertz CT molecular complexity index is 1470. The Hall–Kier alpha value is -3.56. The smallest absolute Gasteiger partial charge is 0.419 e. The number of hydrogen-bond acceptors (Lipinski definition) is 7. The largest absolute Gasteiger partial charge is 0.463 e. The minimum Gasteiger partial charge on any atom is -0.463 e. The Labute approximate surface area is 260 Å². The summed E-state index contributed by atoms with van der Waals surface area (Å²) in [5.74, 6) is 0.432. The van der Waals surface area contributed by atoms with Crippen molar-refractivity contribution in [1.29, 1.82) is 0 Å². The standard InChI is InChI=1S/C31H35ClF3N7O2/c1-3-26(43)42-15-14-41(17-21(42)16-36-2)28-22-8-13-40(25-7-4-6-23(32)27(25)31(33,34)35)18-24(22)37-29(38-28)44-20-30(9-10-30)19-39-11-5-12-39/h3-4,6-7,21H,1,5,8-20H2/t21-/m0/s1. The highest BCUT2D eigenvalue weighted by Gasteiger charge is 2.46. The molecule has 0 bridgehead atoms. The van der Waals surface area contributed by atoms with E-state index in [2.05, 4.69) is 21.2 Å². The van der Waals surface area contributed by atoms with Crippen LogP contribution in [0.5, 0.6) is 6.01 Å². The van der Waals surface area contributed by atoms with Crippen molar-refractivity contribution in [1.82, 2.24) is 19.8 Å². The Balaban J connectivity index is 1.31. The number of amides is 1. The number of aromatic nitrogens is 2. The van der Waals surface area contributed by atoms with Gasteiger partial charge in [-0.2, -0.15) is 23.1 Å². The zero-order chi connectivity index (χ0) is 31.1. The zero-order valence-corrected chi connectivity index (χ0v) is 25.2. The van der Waals surface area contributed by atoms with Crippen LogP contribution in [0.15, 0.2) is 30.9 Å². The van der Waals surface area contributed by atoms with E-state index < -0.39 is 11.7 Å². The number of hydrogen-bond donors (Lipinski definition) is 0. The molecule has 1 aromatic heterocycles. The van der Waals surface area contributed by atoms with E-state index in [0.717, 1.165) is 38.0 Å². The number of fused-ring (bicyclic) bond motifs is 1. The lowest BCUT2D eigenvalue weighted by molar-refractivity contribution is -0.137. The number of ether oxygens (including phenoxy) is 1. The van der Waals surface area contributed by atoms with Gasteiger partial charge < -0.3 is 29.2 Å². The molecule has 2 aromatic rings. The van der Waals surface area contributed by atoms with E-state index in [4.69, 9.17) is 32.9 Å². The third kappa shape index (κ3) is 6.17. The molecule has 44 heavy (non-hydrogen) atoms. The van der Waals surface area contributed by atoms with Crippen molar-refractivity contribution in [3.05, 3.63) is 64.1 Å². The van der Waals surface area contributed by atoms with E-state index in [1.807, 2.05) is 0 Å². The summed E-state index contributed by atoms with van der Waals surface area (Å²) in [5, 5.41) is -0.345. The summed E-state index contributed by atoms with van der Waals surface area (Å²) in [7, 11) is 0. The summed E-state index contributed by atoms with van der Waals surface area (Å²) < 4.78 is 48.5. The van der Waals surface area contributed by atoms with Gasteiger partial charge in [0.1, 0.15) is 11.9 Å². The predicted molar refractivity (Wildman–Crippen MR) is 161 cm³/mol. The van der Waals surface area contributed by atoms with Gasteiger partial charge in [0, 0.05) is 43.7 Å². The Morgan fingerprint density at radius 2 is 1.98 bits per heavy atom. The van der Waals surface area contributed by atoms with Crippen molar-refractivity contribution >= 4 is 29.0 Å². The first-order valence-corrected chi connectivity index (χ1v) is 15.4. The molecule has 1 saturated carbocycles. The average Bonchev–Trinajstić information content (AvgIpc) is 3.76. The van der Waals surface area contributed by atoms with Crippen LogP contribution in [0.3, 0.4) is 0 Å². The maximum Gasteiger partial charge on any atom is 0.419 e. The highest BCUT2D eigenvalue weighted by Crippen LogP contribution is 2.47. The van der Waals surface area contributed by atoms with Gasteiger partial charge >= 0.3 is 12.2 Å². The molecule has 6 rings (SSSR count). The molecular formula is C31H35ClF3N7O2. The number of halogens is 4. The highest BCUT2D eigenvalue weighted by atomic mass is 35.5. The van der Waals surface area contributed by atoms with Crippen LogP contribution in [-0.4, -0.2) is 90.7 Å². The van der Waals surface area contributed by atoms with E-state index in [0.29, 0.717) is 50.7 Å². The minimum atomic E-state index is -4.62. The molecule has 0 N–H and O–H groups in total. The third-order valence-corrected chi connectivity index (χ3v) is 9.47. The fourth-order valence-corrected chi connectivity index (χ4v) is 6.73. The number of likely N-dealkylation sites (tertiary alicyclic amines) is 1. The predicted octanol–water partition coefficient (Wildman–Crippen LogP) is 4.70. The number of rotatable bonds is 9. The van der Waals surface area contributed by atoms with Gasteiger partial charge in [-0.15, -0.1) is 0 Å².